The zero-order valence-electron chi connectivity index (χ0n) is 10.6. The second-order valence-electron chi connectivity index (χ2n) is 4.88. The molecule has 0 aromatic heterocycles. The van der Waals surface area contributed by atoms with Crippen molar-refractivity contribution in [3.8, 4) is 0 Å². The van der Waals surface area contributed by atoms with Gasteiger partial charge < -0.3 is 4.74 Å². The van der Waals surface area contributed by atoms with Crippen molar-refractivity contribution in [1.29, 1.82) is 0 Å². The van der Waals surface area contributed by atoms with E-state index in [2.05, 4.69) is 26.0 Å². The van der Waals surface area contributed by atoms with Gasteiger partial charge in [-0.1, -0.05) is 44.2 Å². The predicted octanol–water partition coefficient (Wildman–Crippen LogP) is 3.13. The molecule has 17 heavy (non-hydrogen) atoms. The molecule has 0 N–H and O–H groups in total. The van der Waals surface area contributed by atoms with E-state index in [0.29, 0.717) is 5.92 Å². The summed E-state index contributed by atoms with van der Waals surface area (Å²) in [5, 5.41) is 0. The summed E-state index contributed by atoms with van der Waals surface area (Å²) in [6, 6.07) is 10.2. The van der Waals surface area contributed by atoms with Crippen LogP contribution in [0.4, 0.5) is 0 Å². The number of rotatable bonds is 3. The molecule has 1 aromatic rings. The molecule has 1 atom stereocenters. The van der Waals surface area contributed by atoms with Crippen LogP contribution < -0.4 is 0 Å². The number of hydrogen-bond acceptors (Lipinski definition) is 2. The van der Waals surface area contributed by atoms with E-state index in [1.54, 1.807) is 0 Å². The number of ether oxygens (including phenoxy) is 1. The molecule has 1 aliphatic heterocycles. The predicted molar refractivity (Wildman–Crippen MR) is 67.6 cm³/mol. The number of cyclic esters (lactones) is 1. The minimum absolute atomic E-state index is 0.0530. The van der Waals surface area contributed by atoms with Gasteiger partial charge in [0.1, 0.15) is 6.10 Å². The molecule has 0 saturated heterocycles. The Kier molecular flexibility index (Phi) is 3.32. The van der Waals surface area contributed by atoms with Crippen LogP contribution in [0.15, 0.2) is 41.5 Å². The highest BCUT2D eigenvalue weighted by atomic mass is 16.5. The molecule has 0 bridgehead atoms. The first-order valence-corrected chi connectivity index (χ1v) is 6.04. The third kappa shape index (κ3) is 2.41. The standard InChI is InChI=1S/C15H18O2/c1-10(2)14-13(11(3)15(16)17-14)9-12-7-5-4-6-8-12/h4-8,10,14H,9H2,1-3H3. The van der Waals surface area contributed by atoms with E-state index in [0.717, 1.165) is 17.6 Å². The van der Waals surface area contributed by atoms with Gasteiger partial charge in [0.05, 0.1) is 0 Å². The fourth-order valence-electron chi connectivity index (χ4n) is 2.21. The van der Waals surface area contributed by atoms with Gasteiger partial charge in [0, 0.05) is 5.57 Å². The van der Waals surface area contributed by atoms with Gasteiger partial charge >= 0.3 is 5.97 Å². The van der Waals surface area contributed by atoms with E-state index >= 15 is 0 Å². The molecule has 0 aliphatic carbocycles. The Morgan fingerprint density at radius 3 is 2.47 bits per heavy atom. The van der Waals surface area contributed by atoms with Crippen LogP contribution in [0.25, 0.3) is 0 Å². The summed E-state index contributed by atoms with van der Waals surface area (Å²) in [7, 11) is 0. The van der Waals surface area contributed by atoms with Crippen molar-refractivity contribution >= 4 is 5.97 Å². The number of benzene rings is 1. The minimum Gasteiger partial charge on any atom is -0.454 e. The Bertz CT molecular complexity index is 443. The van der Waals surface area contributed by atoms with Crippen LogP contribution >= 0.6 is 0 Å². The summed E-state index contributed by atoms with van der Waals surface area (Å²) < 4.78 is 5.41. The molecule has 90 valence electrons. The second-order valence-corrected chi connectivity index (χ2v) is 4.88. The molecule has 2 heteroatoms. The van der Waals surface area contributed by atoms with Gasteiger partial charge in [0.15, 0.2) is 0 Å². The average Bonchev–Trinajstić information content (AvgIpc) is 2.59. The van der Waals surface area contributed by atoms with Crippen LogP contribution in [-0.2, 0) is 16.0 Å². The smallest absolute Gasteiger partial charge is 0.334 e. The maximum absolute atomic E-state index is 11.6. The Hall–Kier alpha value is -1.57. The van der Waals surface area contributed by atoms with Gasteiger partial charge in [-0.2, -0.15) is 0 Å². The quantitative estimate of drug-likeness (QED) is 0.746. The van der Waals surface area contributed by atoms with Crippen LogP contribution in [0.5, 0.6) is 0 Å². The lowest BCUT2D eigenvalue weighted by molar-refractivity contribution is -0.141. The monoisotopic (exact) mass is 230 g/mol. The SMILES string of the molecule is CC1=C(Cc2ccccc2)C(C(C)C)OC1=O. The largest absolute Gasteiger partial charge is 0.454 e. The van der Waals surface area contributed by atoms with Gasteiger partial charge in [0.2, 0.25) is 0 Å². The molecule has 1 unspecified atom stereocenters. The number of esters is 1. The Labute approximate surface area is 102 Å². The highest BCUT2D eigenvalue weighted by molar-refractivity contribution is 5.91. The summed E-state index contributed by atoms with van der Waals surface area (Å²) in [5.41, 5.74) is 3.15. The average molecular weight is 230 g/mol. The van der Waals surface area contributed by atoms with Crippen molar-refractivity contribution in [3.63, 3.8) is 0 Å². The molecule has 0 amide bonds. The fraction of sp³-hybridized carbons (Fsp3) is 0.400. The first-order chi connectivity index (χ1) is 8.09. The van der Waals surface area contributed by atoms with Crippen LogP contribution in [0, 0.1) is 5.92 Å². The molecular formula is C15H18O2. The maximum atomic E-state index is 11.6. The van der Waals surface area contributed by atoms with Gasteiger partial charge in [-0.15, -0.1) is 0 Å². The van der Waals surface area contributed by atoms with Gasteiger partial charge in [-0.05, 0) is 30.4 Å². The lowest BCUT2D eigenvalue weighted by Gasteiger charge is -2.18. The van der Waals surface area contributed by atoms with Gasteiger partial charge in [-0.25, -0.2) is 4.79 Å². The van der Waals surface area contributed by atoms with Crippen molar-refractivity contribution in [2.75, 3.05) is 0 Å². The molecule has 2 nitrogen and oxygen atoms in total. The topological polar surface area (TPSA) is 26.3 Å². The highest BCUT2D eigenvalue weighted by Gasteiger charge is 2.33. The van der Waals surface area contributed by atoms with Crippen molar-refractivity contribution in [2.45, 2.75) is 33.3 Å². The number of hydrogen-bond donors (Lipinski definition) is 0. The summed E-state index contributed by atoms with van der Waals surface area (Å²) in [5.74, 6) is 0.171. The maximum Gasteiger partial charge on any atom is 0.334 e. The van der Waals surface area contributed by atoms with E-state index in [4.69, 9.17) is 4.74 Å². The van der Waals surface area contributed by atoms with E-state index in [1.807, 2.05) is 25.1 Å². The second kappa shape index (κ2) is 4.74. The van der Waals surface area contributed by atoms with E-state index in [-0.39, 0.29) is 12.1 Å². The summed E-state index contributed by atoms with van der Waals surface area (Å²) in [6.45, 7) is 6.03. The summed E-state index contributed by atoms with van der Waals surface area (Å²) >= 11 is 0. The van der Waals surface area contributed by atoms with Crippen molar-refractivity contribution in [2.24, 2.45) is 5.92 Å². The van der Waals surface area contributed by atoms with Crippen molar-refractivity contribution in [3.05, 3.63) is 47.0 Å². The Morgan fingerprint density at radius 2 is 1.88 bits per heavy atom. The van der Waals surface area contributed by atoms with Crippen LogP contribution in [0.2, 0.25) is 0 Å². The van der Waals surface area contributed by atoms with E-state index in [1.165, 1.54) is 5.56 Å². The fourth-order valence-corrected chi connectivity index (χ4v) is 2.21. The molecule has 1 aliphatic rings. The van der Waals surface area contributed by atoms with Crippen molar-refractivity contribution in [1.82, 2.24) is 0 Å². The van der Waals surface area contributed by atoms with E-state index < -0.39 is 0 Å². The van der Waals surface area contributed by atoms with Crippen LogP contribution in [-0.4, -0.2) is 12.1 Å². The molecule has 2 rings (SSSR count). The molecule has 0 fully saturated rings. The third-order valence-electron chi connectivity index (χ3n) is 3.21. The van der Waals surface area contributed by atoms with Crippen LogP contribution in [0.1, 0.15) is 26.3 Å². The molecule has 0 saturated carbocycles. The van der Waals surface area contributed by atoms with Crippen molar-refractivity contribution < 1.29 is 9.53 Å². The van der Waals surface area contributed by atoms with Gasteiger partial charge in [0.25, 0.3) is 0 Å². The first-order valence-electron chi connectivity index (χ1n) is 6.04. The molecule has 0 radical (unpaired) electrons. The number of carbonyl (C=O) groups is 1. The zero-order valence-corrected chi connectivity index (χ0v) is 10.6. The molecule has 1 heterocycles. The zero-order chi connectivity index (χ0) is 12.4. The molecule has 0 spiro atoms. The van der Waals surface area contributed by atoms with Crippen LogP contribution in [0.3, 0.4) is 0 Å². The lowest BCUT2D eigenvalue weighted by atomic mass is 9.92. The Morgan fingerprint density at radius 1 is 1.24 bits per heavy atom. The minimum atomic E-state index is -0.158. The summed E-state index contributed by atoms with van der Waals surface area (Å²) in [6.07, 6.45) is 0.754. The Balaban J connectivity index is 2.26. The number of carbonyl (C=O) groups excluding carboxylic acids is 1. The highest BCUT2D eigenvalue weighted by Crippen LogP contribution is 2.30. The molecule has 1 aromatic carbocycles. The normalized spacial score (nSPS) is 20.0. The first kappa shape index (κ1) is 11.9. The molecular weight excluding hydrogens is 212 g/mol. The van der Waals surface area contributed by atoms with E-state index in [9.17, 15) is 4.79 Å². The third-order valence-corrected chi connectivity index (χ3v) is 3.21. The van der Waals surface area contributed by atoms with Gasteiger partial charge in [-0.3, -0.25) is 0 Å². The summed E-state index contributed by atoms with van der Waals surface area (Å²) in [4.78, 5) is 11.6. The lowest BCUT2D eigenvalue weighted by Crippen LogP contribution is -2.19.